The van der Waals surface area contributed by atoms with Crippen molar-refractivity contribution in [2.24, 2.45) is 0 Å². The molecular formula is C14H16N2O. The highest BCUT2D eigenvalue weighted by Gasteiger charge is 2.04. The molecule has 0 saturated heterocycles. The smallest absolute Gasteiger partial charge is 0.0682 e. The van der Waals surface area contributed by atoms with Crippen molar-refractivity contribution in [2.75, 3.05) is 5.32 Å². The summed E-state index contributed by atoms with van der Waals surface area (Å²) < 4.78 is 0. The van der Waals surface area contributed by atoms with E-state index in [2.05, 4.69) is 17.2 Å². The number of pyridine rings is 1. The molecule has 3 heteroatoms. The molecule has 0 aliphatic carbocycles. The minimum absolute atomic E-state index is 0.0686. The summed E-state index contributed by atoms with van der Waals surface area (Å²) in [5.74, 6) is 0. The predicted octanol–water partition coefficient (Wildman–Crippen LogP) is 2.75. The lowest BCUT2D eigenvalue weighted by Crippen LogP contribution is -2.06. The molecule has 88 valence electrons. The topological polar surface area (TPSA) is 45.1 Å². The van der Waals surface area contributed by atoms with Crippen molar-refractivity contribution < 1.29 is 5.11 Å². The van der Waals surface area contributed by atoms with Crippen molar-refractivity contribution >= 4 is 5.69 Å². The molecule has 1 unspecified atom stereocenters. The Morgan fingerprint density at radius 3 is 2.71 bits per heavy atom. The third-order valence-electron chi connectivity index (χ3n) is 2.70. The van der Waals surface area contributed by atoms with Crippen LogP contribution in [-0.2, 0) is 6.61 Å². The van der Waals surface area contributed by atoms with Crippen molar-refractivity contribution in [2.45, 2.75) is 19.6 Å². The van der Waals surface area contributed by atoms with Gasteiger partial charge in [-0.15, -0.1) is 0 Å². The molecule has 0 aliphatic rings. The van der Waals surface area contributed by atoms with Gasteiger partial charge >= 0.3 is 0 Å². The number of aliphatic hydroxyl groups is 1. The summed E-state index contributed by atoms with van der Waals surface area (Å²) in [6.45, 7) is 2.17. The second-order valence-electron chi connectivity index (χ2n) is 4.01. The highest BCUT2D eigenvalue weighted by Crippen LogP contribution is 2.19. The first-order valence-electron chi connectivity index (χ1n) is 5.66. The summed E-state index contributed by atoms with van der Waals surface area (Å²) in [5, 5.41) is 12.5. The van der Waals surface area contributed by atoms with Crippen LogP contribution in [0.25, 0.3) is 0 Å². The van der Waals surface area contributed by atoms with Gasteiger partial charge in [0.2, 0.25) is 0 Å². The van der Waals surface area contributed by atoms with E-state index >= 15 is 0 Å². The molecule has 2 N–H and O–H groups in total. The predicted molar refractivity (Wildman–Crippen MR) is 68.6 cm³/mol. The highest BCUT2D eigenvalue weighted by molar-refractivity contribution is 5.47. The van der Waals surface area contributed by atoms with Gasteiger partial charge in [-0.05, 0) is 42.3 Å². The molecule has 1 aromatic heterocycles. The summed E-state index contributed by atoms with van der Waals surface area (Å²) in [5.41, 5.74) is 3.12. The lowest BCUT2D eigenvalue weighted by molar-refractivity contribution is 0.282. The molecule has 0 aliphatic heterocycles. The van der Waals surface area contributed by atoms with Gasteiger partial charge in [0.05, 0.1) is 6.61 Å². The molecular weight excluding hydrogens is 212 g/mol. The first-order chi connectivity index (χ1) is 8.29. The molecule has 2 aromatic rings. The number of rotatable bonds is 4. The molecule has 1 atom stereocenters. The van der Waals surface area contributed by atoms with Gasteiger partial charge in [-0.2, -0.15) is 0 Å². The van der Waals surface area contributed by atoms with Crippen LogP contribution in [0.15, 0.2) is 48.8 Å². The highest BCUT2D eigenvalue weighted by atomic mass is 16.3. The first-order valence-corrected chi connectivity index (χ1v) is 5.66. The maximum Gasteiger partial charge on any atom is 0.0682 e. The summed E-state index contributed by atoms with van der Waals surface area (Å²) in [6.07, 6.45) is 3.58. The second kappa shape index (κ2) is 5.46. The monoisotopic (exact) mass is 228 g/mol. The summed E-state index contributed by atoms with van der Waals surface area (Å²) in [7, 11) is 0. The van der Waals surface area contributed by atoms with Gasteiger partial charge in [0.1, 0.15) is 0 Å². The Kier molecular flexibility index (Phi) is 3.73. The van der Waals surface area contributed by atoms with Crippen LogP contribution in [0.2, 0.25) is 0 Å². The number of aromatic nitrogens is 1. The zero-order valence-corrected chi connectivity index (χ0v) is 9.80. The van der Waals surface area contributed by atoms with Gasteiger partial charge in [-0.1, -0.05) is 12.1 Å². The van der Waals surface area contributed by atoms with Crippen LogP contribution in [-0.4, -0.2) is 10.1 Å². The van der Waals surface area contributed by atoms with E-state index in [4.69, 9.17) is 5.11 Å². The Bertz CT molecular complexity index is 471. The number of hydrogen-bond acceptors (Lipinski definition) is 3. The molecule has 0 radical (unpaired) electrons. The fourth-order valence-electron chi connectivity index (χ4n) is 1.74. The maximum absolute atomic E-state index is 9.08. The van der Waals surface area contributed by atoms with E-state index in [1.165, 1.54) is 5.56 Å². The Balaban J connectivity index is 2.10. The average molecular weight is 228 g/mol. The molecule has 0 fully saturated rings. The van der Waals surface area contributed by atoms with Gasteiger partial charge in [-0.3, -0.25) is 4.98 Å². The van der Waals surface area contributed by atoms with Crippen LogP contribution in [0.5, 0.6) is 0 Å². The van der Waals surface area contributed by atoms with Gasteiger partial charge in [0.25, 0.3) is 0 Å². The Morgan fingerprint density at radius 2 is 2.00 bits per heavy atom. The first kappa shape index (κ1) is 11.6. The number of nitrogens with zero attached hydrogens (tertiary/aromatic N) is 1. The van der Waals surface area contributed by atoms with Crippen LogP contribution < -0.4 is 5.32 Å². The molecule has 0 spiro atoms. The van der Waals surface area contributed by atoms with Crippen molar-refractivity contribution in [1.29, 1.82) is 0 Å². The average Bonchev–Trinajstić information content (AvgIpc) is 2.40. The summed E-state index contributed by atoms with van der Waals surface area (Å²) >= 11 is 0. The minimum Gasteiger partial charge on any atom is -0.392 e. The normalized spacial score (nSPS) is 12.1. The van der Waals surface area contributed by atoms with E-state index in [9.17, 15) is 0 Å². The minimum atomic E-state index is 0.0686. The third-order valence-corrected chi connectivity index (χ3v) is 2.70. The van der Waals surface area contributed by atoms with Gasteiger partial charge in [0.15, 0.2) is 0 Å². The Labute approximate surface area is 101 Å². The van der Waals surface area contributed by atoms with E-state index in [0.29, 0.717) is 0 Å². The number of anilines is 1. The fraction of sp³-hybridized carbons (Fsp3) is 0.214. The lowest BCUT2D eigenvalue weighted by Gasteiger charge is -2.15. The van der Waals surface area contributed by atoms with E-state index in [1.54, 1.807) is 12.4 Å². The Hall–Kier alpha value is -1.87. The molecule has 0 saturated carbocycles. The van der Waals surface area contributed by atoms with E-state index in [-0.39, 0.29) is 12.6 Å². The number of nitrogens with one attached hydrogen (secondary N) is 1. The summed E-state index contributed by atoms with van der Waals surface area (Å²) in [6, 6.07) is 12.0. The van der Waals surface area contributed by atoms with Crippen molar-refractivity contribution in [3.63, 3.8) is 0 Å². The maximum atomic E-state index is 9.08. The molecule has 1 aromatic carbocycles. The second-order valence-corrected chi connectivity index (χ2v) is 4.01. The SMILES string of the molecule is CC(Nc1cccc(CO)c1)c1ccncc1. The lowest BCUT2D eigenvalue weighted by atomic mass is 10.1. The van der Waals surface area contributed by atoms with Crippen LogP contribution >= 0.6 is 0 Å². The number of hydrogen-bond donors (Lipinski definition) is 2. The molecule has 2 rings (SSSR count). The van der Waals surface area contributed by atoms with Crippen molar-refractivity contribution in [3.8, 4) is 0 Å². The number of aliphatic hydroxyl groups excluding tert-OH is 1. The van der Waals surface area contributed by atoms with E-state index in [1.807, 2.05) is 36.4 Å². The van der Waals surface area contributed by atoms with Crippen LogP contribution in [0.1, 0.15) is 24.1 Å². The molecule has 3 nitrogen and oxygen atoms in total. The number of benzene rings is 1. The standard InChI is InChI=1S/C14H16N2O/c1-11(13-5-7-15-8-6-13)16-14-4-2-3-12(9-14)10-17/h2-9,11,16-17H,10H2,1H3. The molecule has 1 heterocycles. The molecule has 0 bridgehead atoms. The van der Waals surface area contributed by atoms with Gasteiger partial charge < -0.3 is 10.4 Å². The van der Waals surface area contributed by atoms with Gasteiger partial charge in [-0.25, -0.2) is 0 Å². The van der Waals surface area contributed by atoms with E-state index in [0.717, 1.165) is 11.3 Å². The Morgan fingerprint density at radius 1 is 1.24 bits per heavy atom. The zero-order valence-electron chi connectivity index (χ0n) is 9.80. The van der Waals surface area contributed by atoms with Crippen LogP contribution in [0.3, 0.4) is 0 Å². The molecule has 0 amide bonds. The van der Waals surface area contributed by atoms with E-state index < -0.39 is 0 Å². The van der Waals surface area contributed by atoms with Gasteiger partial charge in [0, 0.05) is 24.1 Å². The van der Waals surface area contributed by atoms with Crippen molar-refractivity contribution in [3.05, 3.63) is 59.9 Å². The van der Waals surface area contributed by atoms with Crippen molar-refractivity contribution in [1.82, 2.24) is 4.98 Å². The largest absolute Gasteiger partial charge is 0.392 e. The quantitative estimate of drug-likeness (QED) is 0.845. The van der Waals surface area contributed by atoms with Crippen LogP contribution in [0.4, 0.5) is 5.69 Å². The summed E-state index contributed by atoms with van der Waals surface area (Å²) in [4.78, 5) is 4.00. The zero-order chi connectivity index (χ0) is 12.1. The third kappa shape index (κ3) is 3.04. The fourth-order valence-corrected chi connectivity index (χ4v) is 1.74. The molecule has 17 heavy (non-hydrogen) atoms. The van der Waals surface area contributed by atoms with Crippen LogP contribution in [0, 0.1) is 0 Å².